The molecule has 1 aromatic rings. The van der Waals surface area contributed by atoms with E-state index in [1.165, 1.54) is 18.7 Å². The zero-order chi connectivity index (χ0) is 7.68. The van der Waals surface area contributed by atoms with E-state index >= 15 is 0 Å². The molecule has 1 aliphatic heterocycles. The average Bonchev–Trinajstić information content (AvgIpc) is 2.01. The van der Waals surface area contributed by atoms with Gasteiger partial charge in [-0.3, -0.25) is 0 Å². The molecule has 1 heterocycles. The number of nitrogens with zero attached hydrogens (tertiary/aromatic N) is 1. The summed E-state index contributed by atoms with van der Waals surface area (Å²) in [6.45, 7) is 2.45. The van der Waals surface area contributed by atoms with Crippen molar-refractivity contribution < 1.29 is 0 Å². The van der Waals surface area contributed by atoms with Crippen LogP contribution in [0, 0.1) is 0 Å². The van der Waals surface area contributed by atoms with Gasteiger partial charge in [-0.25, -0.2) is 0 Å². The number of likely N-dealkylation sites (tertiary alicyclic amines) is 1. The maximum absolute atomic E-state index is 2.34. The molecule has 1 aliphatic rings. The number of rotatable bonds is 1. The van der Waals surface area contributed by atoms with E-state index in [0.29, 0.717) is 0 Å². The second kappa shape index (κ2) is 2.67. The van der Waals surface area contributed by atoms with E-state index in [1.54, 1.807) is 0 Å². The predicted octanol–water partition coefficient (Wildman–Crippen LogP) is 1.72. The summed E-state index contributed by atoms with van der Waals surface area (Å²) in [5.41, 5.74) is 1.49. The van der Waals surface area contributed by atoms with Crippen LogP contribution in [0.5, 0.6) is 0 Å². The molecule has 1 saturated heterocycles. The molecule has 0 amide bonds. The van der Waals surface area contributed by atoms with Crippen molar-refractivity contribution in [3.05, 3.63) is 35.9 Å². The second-order valence-electron chi connectivity index (χ2n) is 3.33. The summed E-state index contributed by atoms with van der Waals surface area (Å²) in [6.07, 6.45) is 0. The van der Waals surface area contributed by atoms with E-state index < -0.39 is 0 Å². The van der Waals surface area contributed by atoms with Crippen LogP contribution < -0.4 is 0 Å². The van der Waals surface area contributed by atoms with Crippen molar-refractivity contribution >= 4 is 0 Å². The van der Waals surface area contributed by atoms with Crippen molar-refractivity contribution in [1.82, 2.24) is 4.90 Å². The Morgan fingerprint density at radius 1 is 1.18 bits per heavy atom. The fourth-order valence-corrected chi connectivity index (χ4v) is 1.63. The van der Waals surface area contributed by atoms with Gasteiger partial charge < -0.3 is 4.90 Å². The Bertz CT molecular complexity index is 224. The highest BCUT2D eigenvalue weighted by molar-refractivity contribution is 5.22. The number of hydrogen-bond acceptors (Lipinski definition) is 1. The molecule has 1 nitrogen and oxygen atoms in total. The van der Waals surface area contributed by atoms with Gasteiger partial charge in [-0.2, -0.15) is 0 Å². The van der Waals surface area contributed by atoms with Gasteiger partial charge in [0.1, 0.15) is 0 Å². The van der Waals surface area contributed by atoms with Crippen molar-refractivity contribution in [3.63, 3.8) is 0 Å². The van der Waals surface area contributed by atoms with E-state index in [9.17, 15) is 0 Å². The molecule has 58 valence electrons. The Balaban J connectivity index is 2.08. The van der Waals surface area contributed by atoms with E-state index in [1.807, 2.05) is 0 Å². The molecule has 0 radical (unpaired) electrons. The van der Waals surface area contributed by atoms with Crippen molar-refractivity contribution in [3.8, 4) is 0 Å². The third-order valence-corrected chi connectivity index (χ3v) is 2.34. The first-order valence-electron chi connectivity index (χ1n) is 4.10. The lowest BCUT2D eigenvalue weighted by Gasteiger charge is -2.36. The number of likely N-dealkylation sites (N-methyl/N-ethyl adjacent to an activating group) is 1. The largest absolute Gasteiger partial charge is 0.305 e. The van der Waals surface area contributed by atoms with Crippen LogP contribution in [0.4, 0.5) is 0 Å². The fourth-order valence-electron chi connectivity index (χ4n) is 1.63. The minimum Gasteiger partial charge on any atom is -0.305 e. The van der Waals surface area contributed by atoms with Gasteiger partial charge in [0.15, 0.2) is 0 Å². The van der Waals surface area contributed by atoms with Crippen LogP contribution in [0.2, 0.25) is 0 Å². The van der Waals surface area contributed by atoms with E-state index in [-0.39, 0.29) is 0 Å². The van der Waals surface area contributed by atoms with E-state index in [2.05, 4.69) is 42.3 Å². The van der Waals surface area contributed by atoms with Gasteiger partial charge >= 0.3 is 0 Å². The molecule has 0 N–H and O–H groups in total. The van der Waals surface area contributed by atoms with Gasteiger partial charge in [-0.1, -0.05) is 30.3 Å². The topological polar surface area (TPSA) is 3.24 Å². The van der Waals surface area contributed by atoms with Crippen LogP contribution in [0.25, 0.3) is 0 Å². The van der Waals surface area contributed by atoms with Crippen LogP contribution in [0.1, 0.15) is 11.5 Å². The third kappa shape index (κ3) is 1.29. The van der Waals surface area contributed by atoms with Gasteiger partial charge in [0.25, 0.3) is 0 Å². The van der Waals surface area contributed by atoms with Crippen LogP contribution in [-0.2, 0) is 0 Å². The third-order valence-electron chi connectivity index (χ3n) is 2.34. The summed E-state index contributed by atoms with van der Waals surface area (Å²) in [7, 11) is 2.17. The highest BCUT2D eigenvalue weighted by Gasteiger charge is 2.23. The lowest BCUT2D eigenvalue weighted by molar-refractivity contribution is 0.190. The second-order valence-corrected chi connectivity index (χ2v) is 3.33. The molecule has 0 aromatic heterocycles. The summed E-state index contributed by atoms with van der Waals surface area (Å²) in [5, 5.41) is 0. The van der Waals surface area contributed by atoms with Crippen molar-refractivity contribution in [2.24, 2.45) is 0 Å². The molecular weight excluding hydrogens is 134 g/mol. The van der Waals surface area contributed by atoms with Gasteiger partial charge in [0.05, 0.1) is 0 Å². The number of benzene rings is 1. The molecule has 0 aliphatic carbocycles. The molecule has 0 bridgehead atoms. The standard InChI is InChI=1S/C10H13N/c1-11-7-10(8-11)9-5-3-2-4-6-9/h2-6,10H,7-8H2,1H3. The Hall–Kier alpha value is -0.820. The van der Waals surface area contributed by atoms with Gasteiger partial charge in [0, 0.05) is 19.0 Å². The number of hydrogen-bond donors (Lipinski definition) is 0. The monoisotopic (exact) mass is 147 g/mol. The van der Waals surface area contributed by atoms with Crippen LogP contribution in [-0.4, -0.2) is 25.0 Å². The highest BCUT2D eigenvalue weighted by Crippen LogP contribution is 2.24. The maximum atomic E-state index is 2.34. The van der Waals surface area contributed by atoms with Crippen molar-refractivity contribution in [1.29, 1.82) is 0 Å². The first-order valence-corrected chi connectivity index (χ1v) is 4.10. The van der Waals surface area contributed by atoms with Crippen molar-refractivity contribution in [2.75, 3.05) is 20.1 Å². The summed E-state index contributed by atoms with van der Waals surface area (Å²) >= 11 is 0. The zero-order valence-corrected chi connectivity index (χ0v) is 6.83. The smallest absolute Gasteiger partial charge is 0.00933 e. The molecule has 0 unspecified atom stereocenters. The van der Waals surface area contributed by atoms with Gasteiger partial charge in [-0.15, -0.1) is 0 Å². The minimum atomic E-state index is 0.793. The first kappa shape index (κ1) is 6.86. The van der Waals surface area contributed by atoms with Gasteiger partial charge in [0.2, 0.25) is 0 Å². The molecule has 0 saturated carbocycles. The van der Waals surface area contributed by atoms with Crippen LogP contribution >= 0.6 is 0 Å². The maximum Gasteiger partial charge on any atom is 0.00933 e. The first-order chi connectivity index (χ1) is 5.36. The van der Waals surface area contributed by atoms with Crippen LogP contribution in [0.15, 0.2) is 30.3 Å². The summed E-state index contributed by atoms with van der Waals surface area (Å²) < 4.78 is 0. The lowest BCUT2D eigenvalue weighted by atomic mass is 9.92. The quantitative estimate of drug-likeness (QED) is 0.584. The van der Waals surface area contributed by atoms with E-state index in [0.717, 1.165) is 5.92 Å². The fraction of sp³-hybridized carbons (Fsp3) is 0.400. The molecule has 1 aromatic carbocycles. The van der Waals surface area contributed by atoms with Crippen LogP contribution in [0.3, 0.4) is 0 Å². The minimum absolute atomic E-state index is 0.793. The predicted molar refractivity (Wildman–Crippen MR) is 46.7 cm³/mol. The highest BCUT2D eigenvalue weighted by atomic mass is 15.2. The molecule has 0 spiro atoms. The Labute approximate surface area is 67.6 Å². The summed E-state index contributed by atoms with van der Waals surface area (Å²) in [6, 6.07) is 10.8. The zero-order valence-electron chi connectivity index (χ0n) is 6.83. The summed E-state index contributed by atoms with van der Waals surface area (Å²) in [5.74, 6) is 0.793. The molecule has 2 rings (SSSR count). The van der Waals surface area contributed by atoms with Gasteiger partial charge in [-0.05, 0) is 12.6 Å². The average molecular weight is 147 g/mol. The molecular formula is C10H13N. The van der Waals surface area contributed by atoms with E-state index in [4.69, 9.17) is 0 Å². The normalized spacial score (nSPS) is 19.7. The lowest BCUT2D eigenvalue weighted by Crippen LogP contribution is -2.41. The Morgan fingerprint density at radius 2 is 1.82 bits per heavy atom. The Morgan fingerprint density at radius 3 is 2.36 bits per heavy atom. The molecule has 1 fully saturated rings. The SMILES string of the molecule is CN1CC(c2ccccc2)C1. The van der Waals surface area contributed by atoms with Crippen molar-refractivity contribution in [2.45, 2.75) is 5.92 Å². The molecule has 1 heteroatoms. The molecule has 0 atom stereocenters. The summed E-state index contributed by atoms with van der Waals surface area (Å²) in [4.78, 5) is 2.34. The Kier molecular flexibility index (Phi) is 1.66. The molecule has 11 heavy (non-hydrogen) atoms.